The molecule has 0 fully saturated rings. The zero-order valence-electron chi connectivity index (χ0n) is 11.7. The molecule has 0 amide bonds. The molecule has 0 aliphatic carbocycles. The number of fused-ring (bicyclic) bond motifs is 1. The number of hydrogen-bond donors (Lipinski definition) is 1. The fourth-order valence-electron chi connectivity index (χ4n) is 2.23. The normalized spacial score (nSPS) is 10.9. The van der Waals surface area contributed by atoms with Gasteiger partial charge in [-0.2, -0.15) is 0 Å². The summed E-state index contributed by atoms with van der Waals surface area (Å²) in [5.74, 6) is 1.75. The second kappa shape index (κ2) is 5.28. The lowest BCUT2D eigenvalue weighted by atomic mass is 10.2. The molecule has 1 N–H and O–H groups in total. The Labute approximate surface area is 117 Å². The minimum Gasteiger partial charge on any atom is -0.370 e. The fraction of sp³-hybridized carbons (Fsp3) is 0.267. The molecule has 0 radical (unpaired) electrons. The van der Waals surface area contributed by atoms with Gasteiger partial charge in [-0.1, -0.05) is 19.1 Å². The second-order valence-corrected chi connectivity index (χ2v) is 4.70. The van der Waals surface area contributed by atoms with Gasteiger partial charge in [0.2, 0.25) is 0 Å². The zero-order valence-corrected chi connectivity index (χ0v) is 11.7. The maximum Gasteiger partial charge on any atom is 0.146 e. The summed E-state index contributed by atoms with van der Waals surface area (Å²) in [6, 6.07) is 8.04. The van der Waals surface area contributed by atoms with E-state index in [1.807, 2.05) is 42.1 Å². The van der Waals surface area contributed by atoms with E-state index in [1.54, 1.807) is 6.33 Å². The molecule has 5 nitrogen and oxygen atoms in total. The molecule has 0 saturated carbocycles. The molecule has 102 valence electrons. The third kappa shape index (κ3) is 2.11. The highest BCUT2D eigenvalue weighted by atomic mass is 15.1. The largest absolute Gasteiger partial charge is 0.370 e. The van der Waals surface area contributed by atoms with Gasteiger partial charge in [0, 0.05) is 12.1 Å². The summed E-state index contributed by atoms with van der Waals surface area (Å²) in [5.41, 5.74) is 3.05. The predicted molar refractivity (Wildman–Crippen MR) is 80.2 cm³/mol. The van der Waals surface area contributed by atoms with Crippen molar-refractivity contribution in [2.75, 3.05) is 11.9 Å². The summed E-state index contributed by atoms with van der Waals surface area (Å²) in [5, 5.41) is 3.33. The van der Waals surface area contributed by atoms with E-state index in [2.05, 4.69) is 27.2 Å². The molecule has 0 atom stereocenters. The quantitative estimate of drug-likeness (QED) is 0.789. The van der Waals surface area contributed by atoms with Gasteiger partial charge >= 0.3 is 0 Å². The molecule has 0 aliphatic heterocycles. The van der Waals surface area contributed by atoms with Crippen LogP contribution in [0.2, 0.25) is 0 Å². The Morgan fingerprint density at radius 2 is 2.00 bits per heavy atom. The van der Waals surface area contributed by atoms with E-state index in [9.17, 15) is 0 Å². The predicted octanol–water partition coefficient (Wildman–Crippen LogP) is 2.95. The number of nitrogens with zero attached hydrogens (tertiary/aromatic N) is 4. The molecule has 3 aromatic rings. The van der Waals surface area contributed by atoms with Crippen LogP contribution in [-0.2, 0) is 0 Å². The first-order valence-corrected chi connectivity index (χ1v) is 6.79. The van der Waals surface area contributed by atoms with Gasteiger partial charge in [0.15, 0.2) is 0 Å². The lowest BCUT2D eigenvalue weighted by Gasteiger charge is -2.11. The van der Waals surface area contributed by atoms with Crippen LogP contribution < -0.4 is 5.32 Å². The van der Waals surface area contributed by atoms with Crippen LogP contribution in [0.25, 0.3) is 16.9 Å². The van der Waals surface area contributed by atoms with Gasteiger partial charge < -0.3 is 5.32 Å². The summed E-state index contributed by atoms with van der Waals surface area (Å²) in [4.78, 5) is 13.1. The molecule has 0 bridgehead atoms. The highest BCUT2D eigenvalue weighted by Crippen LogP contribution is 2.22. The van der Waals surface area contributed by atoms with Crippen LogP contribution in [-0.4, -0.2) is 26.1 Å². The summed E-state index contributed by atoms with van der Waals surface area (Å²) >= 11 is 0. The molecule has 2 aromatic heterocycles. The van der Waals surface area contributed by atoms with E-state index >= 15 is 0 Å². The molecule has 0 spiro atoms. The highest BCUT2D eigenvalue weighted by molar-refractivity contribution is 5.77. The topological polar surface area (TPSA) is 55.6 Å². The van der Waals surface area contributed by atoms with E-state index < -0.39 is 0 Å². The van der Waals surface area contributed by atoms with Crippen molar-refractivity contribution in [1.82, 2.24) is 19.5 Å². The maximum atomic E-state index is 4.41. The number of anilines is 1. The minimum atomic E-state index is 0.868. The van der Waals surface area contributed by atoms with Crippen LogP contribution >= 0.6 is 0 Å². The Kier molecular flexibility index (Phi) is 3.33. The summed E-state index contributed by atoms with van der Waals surface area (Å²) in [6.07, 6.45) is 4.46. The average molecular weight is 267 g/mol. The van der Waals surface area contributed by atoms with Gasteiger partial charge in [0.05, 0.1) is 11.0 Å². The summed E-state index contributed by atoms with van der Waals surface area (Å²) in [6.45, 7) is 5.07. The van der Waals surface area contributed by atoms with Gasteiger partial charge in [-0.15, -0.1) is 0 Å². The highest BCUT2D eigenvalue weighted by Gasteiger charge is 2.11. The maximum absolute atomic E-state index is 4.41. The molecule has 3 rings (SSSR count). The molecule has 0 aliphatic rings. The Bertz CT molecular complexity index is 732. The molecule has 5 heteroatoms. The average Bonchev–Trinajstić information content (AvgIpc) is 2.90. The van der Waals surface area contributed by atoms with Crippen LogP contribution in [0.3, 0.4) is 0 Å². The number of rotatable bonds is 4. The first kappa shape index (κ1) is 12.6. The number of aromatic nitrogens is 4. The lowest BCUT2D eigenvalue weighted by Crippen LogP contribution is -2.08. The zero-order chi connectivity index (χ0) is 13.9. The number of imidazole rings is 1. The van der Waals surface area contributed by atoms with E-state index in [0.29, 0.717) is 0 Å². The molecular formula is C15H17N5. The Balaban J connectivity index is 2.10. The fourth-order valence-corrected chi connectivity index (χ4v) is 2.23. The van der Waals surface area contributed by atoms with Crippen molar-refractivity contribution in [2.24, 2.45) is 0 Å². The third-order valence-electron chi connectivity index (χ3n) is 3.28. The number of nitrogens with one attached hydrogen (secondary N) is 1. The van der Waals surface area contributed by atoms with Crippen molar-refractivity contribution >= 4 is 16.9 Å². The molecule has 0 unspecified atom stereocenters. The van der Waals surface area contributed by atoms with Crippen molar-refractivity contribution in [3.8, 4) is 5.82 Å². The van der Waals surface area contributed by atoms with Crippen molar-refractivity contribution < 1.29 is 0 Å². The van der Waals surface area contributed by atoms with Gasteiger partial charge in [-0.05, 0) is 25.5 Å². The van der Waals surface area contributed by atoms with Crippen molar-refractivity contribution in [3.63, 3.8) is 0 Å². The van der Waals surface area contributed by atoms with Gasteiger partial charge in [0.1, 0.15) is 24.3 Å². The first-order chi connectivity index (χ1) is 9.81. The van der Waals surface area contributed by atoms with Gasteiger partial charge in [0.25, 0.3) is 0 Å². The first-order valence-electron chi connectivity index (χ1n) is 6.79. The van der Waals surface area contributed by atoms with Crippen molar-refractivity contribution in [2.45, 2.75) is 20.3 Å². The Morgan fingerprint density at radius 3 is 2.85 bits per heavy atom. The molecule has 1 aromatic carbocycles. The van der Waals surface area contributed by atoms with Crippen LogP contribution in [0.1, 0.15) is 18.9 Å². The van der Waals surface area contributed by atoms with Crippen LogP contribution in [0, 0.1) is 6.92 Å². The van der Waals surface area contributed by atoms with Gasteiger partial charge in [-0.3, -0.25) is 4.57 Å². The summed E-state index contributed by atoms with van der Waals surface area (Å²) in [7, 11) is 0. The molecule has 20 heavy (non-hydrogen) atoms. The van der Waals surface area contributed by atoms with Crippen LogP contribution in [0.4, 0.5) is 5.82 Å². The van der Waals surface area contributed by atoms with Gasteiger partial charge in [-0.25, -0.2) is 15.0 Å². The smallest absolute Gasteiger partial charge is 0.146 e. The van der Waals surface area contributed by atoms with Crippen LogP contribution in [0.15, 0.2) is 36.9 Å². The van der Waals surface area contributed by atoms with Crippen LogP contribution in [0.5, 0.6) is 0 Å². The molecular weight excluding hydrogens is 250 g/mol. The third-order valence-corrected chi connectivity index (χ3v) is 3.28. The lowest BCUT2D eigenvalue weighted by molar-refractivity contribution is 0.936. The standard InChI is InChI=1S/C15H17N5/c1-3-8-16-14-11(2)15(18-9-17-14)20-10-19-12-6-4-5-7-13(12)20/h4-7,9-10H,3,8H2,1-2H3,(H,16,17,18). The van der Waals surface area contributed by atoms with E-state index in [0.717, 1.165) is 41.2 Å². The molecule has 0 saturated heterocycles. The van der Waals surface area contributed by atoms with E-state index in [1.165, 1.54) is 0 Å². The number of benzene rings is 1. The van der Waals surface area contributed by atoms with E-state index in [-0.39, 0.29) is 0 Å². The van der Waals surface area contributed by atoms with Crippen molar-refractivity contribution in [1.29, 1.82) is 0 Å². The Hall–Kier alpha value is -2.43. The number of para-hydroxylation sites is 2. The SMILES string of the molecule is CCCNc1ncnc(-n2cnc3ccccc32)c1C. The number of hydrogen-bond acceptors (Lipinski definition) is 4. The second-order valence-electron chi connectivity index (χ2n) is 4.70. The molecule has 2 heterocycles. The summed E-state index contributed by atoms with van der Waals surface area (Å²) < 4.78 is 2.00. The van der Waals surface area contributed by atoms with Crippen molar-refractivity contribution in [3.05, 3.63) is 42.5 Å². The minimum absolute atomic E-state index is 0.868. The monoisotopic (exact) mass is 267 g/mol. The van der Waals surface area contributed by atoms with E-state index in [4.69, 9.17) is 0 Å². The Morgan fingerprint density at radius 1 is 1.15 bits per heavy atom.